The summed E-state index contributed by atoms with van der Waals surface area (Å²) in [5.41, 5.74) is 0. The summed E-state index contributed by atoms with van der Waals surface area (Å²) in [5, 5.41) is -0.163. The second kappa shape index (κ2) is 4.44. The molecule has 0 spiro atoms. The topological polar surface area (TPSA) is 35.5 Å². The summed E-state index contributed by atoms with van der Waals surface area (Å²) in [4.78, 5) is 10.2. The lowest BCUT2D eigenvalue weighted by molar-refractivity contribution is 0.0735. The molecule has 0 heterocycles. The van der Waals surface area contributed by atoms with E-state index in [4.69, 9.17) is 11.6 Å². The van der Waals surface area contributed by atoms with Gasteiger partial charge in [0.2, 0.25) is 0 Å². The van der Waals surface area contributed by atoms with Gasteiger partial charge in [-0.2, -0.15) is 0 Å². The highest BCUT2D eigenvalue weighted by Gasteiger charge is 2.02. The van der Waals surface area contributed by atoms with E-state index in [0.29, 0.717) is 0 Å². The van der Waals surface area contributed by atoms with Crippen LogP contribution in [0.15, 0.2) is 0 Å². The fourth-order valence-corrected chi connectivity index (χ4v) is 0.305. The third-order valence-electron chi connectivity index (χ3n) is 0.598. The zero-order valence-electron chi connectivity index (χ0n) is 5.39. The average Bonchev–Trinajstić information content (AvgIpc) is 1.83. The van der Waals surface area contributed by atoms with Crippen LogP contribution in [0.25, 0.3) is 0 Å². The van der Waals surface area contributed by atoms with E-state index in [-0.39, 0.29) is 12.0 Å². The maximum Gasteiger partial charge on any atom is 0.508 e. The Morgan fingerprint density at radius 3 is 2.67 bits per heavy atom. The first-order chi connectivity index (χ1) is 4.16. The van der Waals surface area contributed by atoms with Crippen molar-refractivity contribution >= 4 is 17.8 Å². The highest BCUT2D eigenvalue weighted by molar-refractivity contribution is 6.20. The number of alkyl halides is 1. The van der Waals surface area contributed by atoms with Gasteiger partial charge in [0.05, 0.1) is 12.5 Å². The molecule has 0 aliphatic rings. The first-order valence-corrected chi connectivity index (χ1v) is 2.95. The van der Waals surface area contributed by atoms with Gasteiger partial charge >= 0.3 is 6.16 Å². The molecule has 0 aromatic carbocycles. The van der Waals surface area contributed by atoms with Crippen molar-refractivity contribution in [2.45, 2.75) is 12.3 Å². The second-order valence-electron chi connectivity index (χ2n) is 1.55. The largest absolute Gasteiger partial charge is 0.508 e. The van der Waals surface area contributed by atoms with E-state index >= 15 is 0 Å². The van der Waals surface area contributed by atoms with Crippen LogP contribution in [0.2, 0.25) is 0 Å². The molecule has 0 aromatic heterocycles. The molecule has 1 atom stereocenters. The molecule has 4 heteroatoms. The van der Waals surface area contributed by atoms with Gasteiger partial charge in [-0.05, 0) is 6.92 Å². The lowest BCUT2D eigenvalue weighted by Gasteiger charge is -2.02. The van der Waals surface area contributed by atoms with Gasteiger partial charge in [-0.3, -0.25) is 0 Å². The van der Waals surface area contributed by atoms with Gasteiger partial charge in [0.15, 0.2) is 0 Å². The molecule has 1 unspecified atom stereocenters. The van der Waals surface area contributed by atoms with Crippen molar-refractivity contribution < 1.29 is 14.3 Å². The predicted molar refractivity (Wildman–Crippen MR) is 33.7 cm³/mol. The molecule has 0 saturated carbocycles. The van der Waals surface area contributed by atoms with Crippen molar-refractivity contribution in [3.8, 4) is 0 Å². The molecule has 0 saturated heterocycles. The molecule has 0 radical (unpaired) electrons. The Hall–Kier alpha value is -0.440. The summed E-state index contributed by atoms with van der Waals surface area (Å²) in [5.74, 6) is 0. The Bertz CT molecular complexity index is 92.2. The van der Waals surface area contributed by atoms with E-state index < -0.39 is 6.16 Å². The normalized spacial score (nSPS) is 12.3. The number of hydrogen-bond acceptors (Lipinski definition) is 3. The number of carbonyl (C=O) groups is 1. The summed E-state index contributed by atoms with van der Waals surface area (Å²) < 4.78 is 8.64. The highest BCUT2D eigenvalue weighted by Crippen LogP contribution is 1.94. The van der Waals surface area contributed by atoms with E-state index in [2.05, 4.69) is 9.47 Å². The van der Waals surface area contributed by atoms with Crippen LogP contribution < -0.4 is 0 Å². The minimum atomic E-state index is -0.692. The van der Waals surface area contributed by atoms with E-state index in [1.54, 1.807) is 6.92 Å². The van der Waals surface area contributed by atoms with Crippen LogP contribution in [0.1, 0.15) is 6.92 Å². The Morgan fingerprint density at radius 1 is 1.78 bits per heavy atom. The molecule has 9 heavy (non-hydrogen) atoms. The number of halogens is 1. The van der Waals surface area contributed by atoms with Crippen LogP contribution in [0.4, 0.5) is 4.79 Å². The van der Waals surface area contributed by atoms with E-state index in [9.17, 15) is 4.79 Å². The monoisotopic (exact) mass is 152 g/mol. The number of methoxy groups -OCH3 is 1. The fraction of sp³-hybridized carbons (Fsp3) is 0.800. The van der Waals surface area contributed by atoms with Gasteiger partial charge < -0.3 is 9.47 Å². The zero-order valence-corrected chi connectivity index (χ0v) is 6.14. The molecule has 0 aliphatic heterocycles. The van der Waals surface area contributed by atoms with Crippen LogP contribution in [0.5, 0.6) is 0 Å². The van der Waals surface area contributed by atoms with Crippen molar-refractivity contribution in [1.82, 2.24) is 0 Å². The molecule has 54 valence electrons. The van der Waals surface area contributed by atoms with Crippen molar-refractivity contribution in [1.29, 1.82) is 0 Å². The van der Waals surface area contributed by atoms with E-state index in [0.717, 1.165) is 0 Å². The summed E-state index contributed by atoms with van der Waals surface area (Å²) in [7, 11) is 1.25. The van der Waals surface area contributed by atoms with Crippen molar-refractivity contribution in [2.24, 2.45) is 0 Å². The molecule has 0 bridgehead atoms. The molecule has 0 aromatic rings. The predicted octanol–water partition coefficient (Wildman–Crippen LogP) is 1.40. The molecular weight excluding hydrogens is 144 g/mol. The molecular formula is C5H9ClO3. The highest BCUT2D eigenvalue weighted by atomic mass is 35.5. The lowest BCUT2D eigenvalue weighted by atomic mass is 10.5. The quantitative estimate of drug-likeness (QED) is 0.443. The van der Waals surface area contributed by atoms with Crippen LogP contribution in [-0.4, -0.2) is 25.2 Å². The summed E-state index contributed by atoms with van der Waals surface area (Å²) in [6, 6.07) is 0. The van der Waals surface area contributed by atoms with Gasteiger partial charge in [0.1, 0.15) is 6.61 Å². The van der Waals surface area contributed by atoms with Gasteiger partial charge in [-0.1, -0.05) is 0 Å². The molecule has 0 amide bonds. The van der Waals surface area contributed by atoms with Gasteiger partial charge in [-0.25, -0.2) is 4.79 Å². The van der Waals surface area contributed by atoms with Crippen molar-refractivity contribution in [3.05, 3.63) is 0 Å². The van der Waals surface area contributed by atoms with Gasteiger partial charge in [-0.15, -0.1) is 11.6 Å². The minimum Gasteiger partial charge on any atom is -0.438 e. The molecule has 0 N–H and O–H groups in total. The SMILES string of the molecule is COC(=O)OCC(C)Cl. The Morgan fingerprint density at radius 2 is 2.33 bits per heavy atom. The number of rotatable bonds is 2. The maximum atomic E-state index is 10.2. The van der Waals surface area contributed by atoms with Crippen LogP contribution in [0, 0.1) is 0 Å². The van der Waals surface area contributed by atoms with Crippen LogP contribution >= 0.6 is 11.6 Å². The van der Waals surface area contributed by atoms with Gasteiger partial charge in [0.25, 0.3) is 0 Å². The summed E-state index contributed by atoms with van der Waals surface area (Å²) >= 11 is 5.45. The van der Waals surface area contributed by atoms with E-state index in [1.165, 1.54) is 7.11 Å². The standard InChI is InChI=1S/C5H9ClO3/c1-4(6)3-9-5(7)8-2/h4H,3H2,1-2H3. The summed E-state index contributed by atoms with van der Waals surface area (Å²) in [6.45, 7) is 1.92. The lowest BCUT2D eigenvalue weighted by Crippen LogP contribution is -2.10. The number of carbonyl (C=O) groups excluding carboxylic acids is 1. The van der Waals surface area contributed by atoms with Crippen LogP contribution in [0.3, 0.4) is 0 Å². The third-order valence-corrected chi connectivity index (χ3v) is 0.724. The Balaban J connectivity index is 3.17. The molecule has 0 aliphatic carbocycles. The molecule has 0 fully saturated rings. The second-order valence-corrected chi connectivity index (χ2v) is 2.29. The van der Waals surface area contributed by atoms with Gasteiger partial charge in [0, 0.05) is 0 Å². The number of ether oxygens (including phenoxy) is 2. The fourth-order valence-electron chi connectivity index (χ4n) is 0.242. The van der Waals surface area contributed by atoms with Crippen molar-refractivity contribution in [3.63, 3.8) is 0 Å². The molecule has 0 rings (SSSR count). The Kier molecular flexibility index (Phi) is 4.22. The van der Waals surface area contributed by atoms with E-state index in [1.807, 2.05) is 0 Å². The first kappa shape index (κ1) is 8.56. The third kappa shape index (κ3) is 5.43. The maximum absolute atomic E-state index is 10.2. The molecule has 3 nitrogen and oxygen atoms in total. The zero-order chi connectivity index (χ0) is 7.28. The van der Waals surface area contributed by atoms with Crippen LogP contribution in [-0.2, 0) is 9.47 Å². The first-order valence-electron chi connectivity index (χ1n) is 2.51. The Labute approximate surface area is 58.9 Å². The number of hydrogen-bond donors (Lipinski definition) is 0. The van der Waals surface area contributed by atoms with Crippen molar-refractivity contribution in [2.75, 3.05) is 13.7 Å². The minimum absolute atomic E-state index is 0.163. The smallest absolute Gasteiger partial charge is 0.438 e. The average molecular weight is 153 g/mol. The summed E-state index contributed by atoms with van der Waals surface area (Å²) in [6.07, 6.45) is -0.692.